The van der Waals surface area contributed by atoms with Crippen molar-refractivity contribution in [1.82, 2.24) is 15.5 Å². The number of hydrogen-bond acceptors (Lipinski definition) is 3. The van der Waals surface area contributed by atoms with Gasteiger partial charge in [-0.2, -0.15) is 0 Å². The van der Waals surface area contributed by atoms with Crippen molar-refractivity contribution in [1.29, 1.82) is 0 Å². The van der Waals surface area contributed by atoms with Crippen LogP contribution in [0.3, 0.4) is 0 Å². The first kappa shape index (κ1) is 25.5. The van der Waals surface area contributed by atoms with E-state index in [1.54, 1.807) is 26.1 Å². The molecule has 0 aromatic heterocycles. The van der Waals surface area contributed by atoms with Crippen molar-refractivity contribution in [2.75, 3.05) is 27.7 Å². The maximum atomic E-state index is 11.9. The van der Waals surface area contributed by atoms with Gasteiger partial charge >= 0.3 is 0 Å². The predicted molar refractivity (Wildman–Crippen MR) is 123 cm³/mol. The van der Waals surface area contributed by atoms with Crippen molar-refractivity contribution in [3.63, 3.8) is 0 Å². The molecule has 0 aliphatic rings. The van der Waals surface area contributed by atoms with Crippen LogP contribution in [0.5, 0.6) is 5.75 Å². The average molecular weight is 490 g/mol. The molecule has 0 saturated carbocycles. The molecule has 1 atom stereocenters. The number of hydrogen-bond donors (Lipinski definition) is 2. The van der Waals surface area contributed by atoms with Crippen molar-refractivity contribution in [3.05, 3.63) is 29.8 Å². The molecule has 0 fully saturated rings. The van der Waals surface area contributed by atoms with Gasteiger partial charge in [-0.1, -0.05) is 38.3 Å². The minimum atomic E-state index is 0. The van der Waals surface area contributed by atoms with Gasteiger partial charge in [0.1, 0.15) is 5.75 Å². The zero-order chi connectivity index (χ0) is 19.4. The summed E-state index contributed by atoms with van der Waals surface area (Å²) in [6.45, 7) is 5.11. The molecule has 1 amide bonds. The summed E-state index contributed by atoms with van der Waals surface area (Å²) in [5.74, 6) is 1.51. The molecule has 1 unspecified atom stereocenters. The molecule has 0 radical (unpaired) electrons. The second-order valence-electron chi connectivity index (χ2n) is 6.70. The highest BCUT2D eigenvalue weighted by atomic mass is 127. The number of methoxy groups -OCH3 is 1. The number of halogens is 1. The quantitative estimate of drug-likeness (QED) is 0.228. The molecule has 0 bridgehead atoms. The summed E-state index contributed by atoms with van der Waals surface area (Å²) in [6, 6.07) is 8.14. The maximum absolute atomic E-state index is 11.9. The standard InChI is InChI=1S/C20H34N4O2.HI/c1-6-7-8-9-16(2)23-20(22-15-19(25)24(3)4)21-14-17-10-12-18(26-5)13-11-17;/h10-13,16H,6-9,14-15H2,1-5H3,(H2,21,22,23);1H. The number of guanidine groups is 1. The van der Waals surface area contributed by atoms with E-state index in [0.717, 1.165) is 17.7 Å². The van der Waals surface area contributed by atoms with Gasteiger partial charge in [0.2, 0.25) is 5.91 Å². The SMILES string of the molecule is CCCCCC(C)NC(=NCc1ccc(OC)cc1)NCC(=O)N(C)C.I. The number of carbonyl (C=O) groups is 1. The van der Waals surface area contributed by atoms with E-state index in [1.807, 2.05) is 24.3 Å². The van der Waals surface area contributed by atoms with Crippen molar-refractivity contribution in [3.8, 4) is 5.75 Å². The summed E-state index contributed by atoms with van der Waals surface area (Å²) < 4.78 is 5.18. The van der Waals surface area contributed by atoms with Crippen molar-refractivity contribution in [2.45, 2.75) is 52.1 Å². The summed E-state index contributed by atoms with van der Waals surface area (Å²) in [4.78, 5) is 18.1. The predicted octanol–water partition coefficient (Wildman–Crippen LogP) is 3.41. The molecular formula is C20H35IN4O2. The van der Waals surface area contributed by atoms with Crippen LogP contribution in [0.25, 0.3) is 0 Å². The average Bonchev–Trinajstić information content (AvgIpc) is 2.64. The second kappa shape index (κ2) is 14.5. The fourth-order valence-electron chi connectivity index (χ4n) is 2.38. The Morgan fingerprint density at radius 3 is 2.44 bits per heavy atom. The molecule has 1 rings (SSSR count). The minimum Gasteiger partial charge on any atom is -0.497 e. The molecule has 0 aliphatic carbocycles. The third-order valence-corrected chi connectivity index (χ3v) is 4.11. The van der Waals surface area contributed by atoms with Gasteiger partial charge in [-0.3, -0.25) is 4.79 Å². The van der Waals surface area contributed by atoms with E-state index in [0.29, 0.717) is 18.5 Å². The number of unbranched alkanes of at least 4 members (excludes halogenated alkanes) is 2. The van der Waals surface area contributed by atoms with E-state index in [1.165, 1.54) is 19.3 Å². The molecule has 0 heterocycles. The maximum Gasteiger partial charge on any atom is 0.241 e. The summed E-state index contributed by atoms with van der Waals surface area (Å²) in [7, 11) is 5.15. The van der Waals surface area contributed by atoms with E-state index in [2.05, 4.69) is 29.5 Å². The molecule has 154 valence electrons. The number of amides is 1. The third kappa shape index (κ3) is 11.0. The Balaban J connectivity index is 0.00000676. The lowest BCUT2D eigenvalue weighted by Crippen LogP contribution is -2.46. The first-order chi connectivity index (χ1) is 12.5. The second-order valence-corrected chi connectivity index (χ2v) is 6.70. The lowest BCUT2D eigenvalue weighted by atomic mass is 10.1. The van der Waals surface area contributed by atoms with Crippen LogP contribution >= 0.6 is 24.0 Å². The summed E-state index contributed by atoms with van der Waals surface area (Å²) in [5.41, 5.74) is 1.09. The first-order valence-corrected chi connectivity index (χ1v) is 9.34. The fourth-order valence-corrected chi connectivity index (χ4v) is 2.38. The molecule has 0 spiro atoms. The summed E-state index contributed by atoms with van der Waals surface area (Å²) in [5, 5.41) is 6.54. The molecule has 6 nitrogen and oxygen atoms in total. The van der Waals surface area contributed by atoms with Crippen LogP contribution in [0.2, 0.25) is 0 Å². The Bertz CT molecular complexity index is 562. The Hall–Kier alpha value is -1.51. The smallest absolute Gasteiger partial charge is 0.241 e. The van der Waals surface area contributed by atoms with Crippen molar-refractivity contribution in [2.24, 2.45) is 4.99 Å². The molecule has 27 heavy (non-hydrogen) atoms. The van der Waals surface area contributed by atoms with Gasteiger partial charge in [-0.15, -0.1) is 24.0 Å². The zero-order valence-electron chi connectivity index (χ0n) is 17.2. The number of benzene rings is 1. The van der Waals surface area contributed by atoms with E-state index in [-0.39, 0.29) is 36.4 Å². The molecule has 0 saturated heterocycles. The van der Waals surface area contributed by atoms with Crippen molar-refractivity contribution >= 4 is 35.8 Å². The topological polar surface area (TPSA) is 66.0 Å². The lowest BCUT2D eigenvalue weighted by Gasteiger charge is -2.19. The Morgan fingerprint density at radius 1 is 1.22 bits per heavy atom. The number of nitrogens with one attached hydrogen (secondary N) is 2. The lowest BCUT2D eigenvalue weighted by molar-refractivity contribution is -0.127. The van der Waals surface area contributed by atoms with Crippen LogP contribution in [0, 0.1) is 0 Å². The van der Waals surface area contributed by atoms with Crippen LogP contribution in [-0.2, 0) is 11.3 Å². The van der Waals surface area contributed by atoms with Gasteiger partial charge in [-0.05, 0) is 31.0 Å². The van der Waals surface area contributed by atoms with Crippen LogP contribution < -0.4 is 15.4 Å². The Kier molecular flexibility index (Phi) is 13.7. The largest absolute Gasteiger partial charge is 0.497 e. The van der Waals surface area contributed by atoms with E-state index >= 15 is 0 Å². The summed E-state index contributed by atoms with van der Waals surface area (Å²) in [6.07, 6.45) is 4.71. The van der Waals surface area contributed by atoms with Gasteiger partial charge < -0.3 is 20.3 Å². The van der Waals surface area contributed by atoms with E-state index < -0.39 is 0 Å². The van der Waals surface area contributed by atoms with Crippen LogP contribution in [0.4, 0.5) is 0 Å². The van der Waals surface area contributed by atoms with Gasteiger partial charge in [0, 0.05) is 20.1 Å². The zero-order valence-corrected chi connectivity index (χ0v) is 19.6. The van der Waals surface area contributed by atoms with Crippen LogP contribution in [0.1, 0.15) is 45.1 Å². The normalized spacial score (nSPS) is 12.0. The highest BCUT2D eigenvalue weighted by molar-refractivity contribution is 14.0. The number of rotatable bonds is 10. The van der Waals surface area contributed by atoms with E-state index in [9.17, 15) is 4.79 Å². The van der Waals surface area contributed by atoms with Gasteiger partial charge in [0.05, 0.1) is 20.2 Å². The minimum absolute atomic E-state index is 0. The van der Waals surface area contributed by atoms with Gasteiger partial charge in [0.15, 0.2) is 5.96 Å². The first-order valence-electron chi connectivity index (χ1n) is 9.34. The van der Waals surface area contributed by atoms with Crippen LogP contribution in [0.15, 0.2) is 29.3 Å². The number of nitrogens with zero attached hydrogens (tertiary/aromatic N) is 2. The molecule has 0 aliphatic heterocycles. The van der Waals surface area contributed by atoms with E-state index in [4.69, 9.17) is 4.74 Å². The van der Waals surface area contributed by atoms with Crippen molar-refractivity contribution < 1.29 is 9.53 Å². The number of aliphatic imine (C=N–C) groups is 1. The fraction of sp³-hybridized carbons (Fsp3) is 0.600. The molecular weight excluding hydrogens is 455 g/mol. The number of likely N-dealkylation sites (N-methyl/N-ethyl adjacent to an activating group) is 1. The number of ether oxygens (including phenoxy) is 1. The summed E-state index contributed by atoms with van der Waals surface area (Å²) >= 11 is 0. The van der Waals surface area contributed by atoms with Gasteiger partial charge in [-0.25, -0.2) is 4.99 Å². The third-order valence-electron chi connectivity index (χ3n) is 4.11. The molecule has 1 aromatic rings. The number of carbonyl (C=O) groups excluding carboxylic acids is 1. The highest BCUT2D eigenvalue weighted by Crippen LogP contribution is 2.12. The van der Waals surface area contributed by atoms with Gasteiger partial charge in [0.25, 0.3) is 0 Å². The molecule has 7 heteroatoms. The highest BCUT2D eigenvalue weighted by Gasteiger charge is 2.09. The van der Waals surface area contributed by atoms with Crippen LogP contribution in [-0.4, -0.2) is 50.6 Å². The Morgan fingerprint density at radius 2 is 1.89 bits per heavy atom. The molecule has 2 N–H and O–H groups in total. The monoisotopic (exact) mass is 490 g/mol. The molecule has 1 aromatic carbocycles. The Labute approximate surface area is 181 Å².